The number of nitrogens with one attached hydrogen (secondary N) is 1. The monoisotopic (exact) mass is 325 g/mol. The maximum Gasteiger partial charge on any atom is 0.133 e. The molecule has 1 heterocycles. The van der Waals surface area contributed by atoms with Crippen LogP contribution < -0.4 is 10.2 Å². The van der Waals surface area contributed by atoms with Crippen molar-refractivity contribution in [3.8, 4) is 0 Å². The lowest BCUT2D eigenvalue weighted by Gasteiger charge is -2.26. The predicted molar refractivity (Wildman–Crippen MR) is 84.5 cm³/mol. The van der Waals surface area contributed by atoms with Gasteiger partial charge in [0.15, 0.2) is 0 Å². The fraction of sp³-hybridized carbons (Fsp3) is 0.667. The average molecular weight is 326 g/mol. The van der Waals surface area contributed by atoms with Crippen molar-refractivity contribution in [1.82, 2.24) is 10.3 Å². The Bertz CT molecular complexity index is 416. The van der Waals surface area contributed by atoms with Gasteiger partial charge in [0.2, 0.25) is 0 Å². The summed E-state index contributed by atoms with van der Waals surface area (Å²) in [6.45, 7) is 6.56. The van der Waals surface area contributed by atoms with Gasteiger partial charge in [0, 0.05) is 35.4 Å². The van der Waals surface area contributed by atoms with Gasteiger partial charge in [-0.2, -0.15) is 0 Å². The molecule has 3 nitrogen and oxygen atoms in total. The van der Waals surface area contributed by atoms with Crippen LogP contribution in [0.2, 0.25) is 0 Å². The minimum absolute atomic E-state index is 0.711. The van der Waals surface area contributed by atoms with E-state index in [1.165, 1.54) is 30.6 Å². The molecular weight excluding hydrogens is 302 g/mol. The maximum absolute atomic E-state index is 4.68. The number of rotatable bonds is 7. The molecule has 1 aliphatic carbocycles. The Morgan fingerprint density at radius 2 is 2.21 bits per heavy atom. The van der Waals surface area contributed by atoms with Crippen molar-refractivity contribution >= 4 is 21.7 Å². The zero-order valence-corrected chi connectivity index (χ0v) is 13.7. The summed E-state index contributed by atoms with van der Waals surface area (Å²) in [5.74, 6) is 1.91. The summed E-state index contributed by atoms with van der Waals surface area (Å²) >= 11 is 3.52. The van der Waals surface area contributed by atoms with E-state index >= 15 is 0 Å². The van der Waals surface area contributed by atoms with Gasteiger partial charge in [-0.05, 0) is 54.2 Å². The first-order valence-corrected chi connectivity index (χ1v) is 7.96. The molecule has 1 aromatic rings. The van der Waals surface area contributed by atoms with Crippen LogP contribution in [0.25, 0.3) is 0 Å². The van der Waals surface area contributed by atoms with Crippen molar-refractivity contribution in [2.75, 3.05) is 18.5 Å². The Balaban J connectivity index is 2.19. The summed E-state index contributed by atoms with van der Waals surface area (Å²) in [5, 5.41) is 3.24. The number of aromatic nitrogens is 1. The SMILES string of the molecule is CNCc1cc(Br)cnc1N(CCC(C)C)C1CC1. The molecule has 0 unspecified atom stereocenters. The van der Waals surface area contributed by atoms with E-state index in [-0.39, 0.29) is 0 Å². The molecule has 0 aliphatic heterocycles. The summed E-state index contributed by atoms with van der Waals surface area (Å²) in [6.07, 6.45) is 5.77. The lowest BCUT2D eigenvalue weighted by atomic mass is 10.1. The Morgan fingerprint density at radius 1 is 1.47 bits per heavy atom. The van der Waals surface area contributed by atoms with Crippen molar-refractivity contribution in [2.45, 2.75) is 45.7 Å². The lowest BCUT2D eigenvalue weighted by Crippen LogP contribution is -2.30. The van der Waals surface area contributed by atoms with Crippen LogP contribution in [0.15, 0.2) is 16.7 Å². The lowest BCUT2D eigenvalue weighted by molar-refractivity contribution is 0.567. The van der Waals surface area contributed by atoms with Crippen LogP contribution in [0.3, 0.4) is 0 Å². The summed E-state index contributed by atoms with van der Waals surface area (Å²) in [7, 11) is 1.99. The first-order valence-electron chi connectivity index (χ1n) is 7.17. The Hall–Kier alpha value is -0.610. The van der Waals surface area contributed by atoms with E-state index < -0.39 is 0 Å². The molecule has 1 aliphatic rings. The highest BCUT2D eigenvalue weighted by atomic mass is 79.9. The van der Waals surface area contributed by atoms with Crippen LogP contribution in [0.1, 0.15) is 38.7 Å². The first kappa shape index (κ1) is 14.8. The largest absolute Gasteiger partial charge is 0.353 e. The molecule has 1 aromatic heterocycles. The molecule has 0 saturated heterocycles. The third kappa shape index (κ3) is 4.18. The van der Waals surface area contributed by atoms with Gasteiger partial charge < -0.3 is 10.2 Å². The smallest absolute Gasteiger partial charge is 0.133 e. The first-order chi connectivity index (χ1) is 9.11. The topological polar surface area (TPSA) is 28.2 Å². The quantitative estimate of drug-likeness (QED) is 0.830. The number of halogens is 1. The molecular formula is C15H24BrN3. The van der Waals surface area contributed by atoms with E-state index in [1.54, 1.807) is 0 Å². The molecule has 19 heavy (non-hydrogen) atoms. The Labute approximate surface area is 124 Å². The number of pyridine rings is 1. The summed E-state index contributed by atoms with van der Waals surface area (Å²) in [5.41, 5.74) is 1.28. The van der Waals surface area contributed by atoms with Crippen molar-refractivity contribution in [2.24, 2.45) is 5.92 Å². The van der Waals surface area contributed by atoms with Crippen LogP contribution in [0.4, 0.5) is 5.82 Å². The molecule has 0 atom stereocenters. The number of anilines is 1. The Morgan fingerprint density at radius 3 is 2.79 bits per heavy atom. The van der Waals surface area contributed by atoms with Gasteiger partial charge in [-0.1, -0.05) is 13.8 Å². The van der Waals surface area contributed by atoms with E-state index in [0.717, 1.165) is 23.5 Å². The summed E-state index contributed by atoms with van der Waals surface area (Å²) in [6, 6.07) is 2.90. The summed E-state index contributed by atoms with van der Waals surface area (Å²) in [4.78, 5) is 7.19. The van der Waals surface area contributed by atoms with Crippen molar-refractivity contribution in [1.29, 1.82) is 0 Å². The maximum atomic E-state index is 4.68. The average Bonchev–Trinajstić information content (AvgIpc) is 3.16. The van der Waals surface area contributed by atoms with Gasteiger partial charge in [-0.3, -0.25) is 0 Å². The molecule has 106 valence electrons. The number of nitrogens with zero attached hydrogens (tertiary/aromatic N) is 2. The van der Waals surface area contributed by atoms with Crippen LogP contribution in [-0.4, -0.2) is 24.6 Å². The van der Waals surface area contributed by atoms with Crippen molar-refractivity contribution in [3.63, 3.8) is 0 Å². The minimum Gasteiger partial charge on any atom is -0.353 e. The molecule has 0 radical (unpaired) electrons. The molecule has 2 rings (SSSR count). The molecule has 0 spiro atoms. The molecule has 0 aromatic carbocycles. The molecule has 1 fully saturated rings. The molecule has 1 saturated carbocycles. The molecule has 0 amide bonds. The van der Waals surface area contributed by atoms with Gasteiger partial charge in [-0.15, -0.1) is 0 Å². The molecule has 1 N–H and O–H groups in total. The van der Waals surface area contributed by atoms with Crippen LogP contribution in [0, 0.1) is 5.92 Å². The van der Waals surface area contributed by atoms with Gasteiger partial charge in [0.05, 0.1) is 0 Å². The standard InChI is InChI=1S/C15H24BrN3/c1-11(2)6-7-19(14-4-5-14)15-12(9-17-3)8-13(16)10-18-15/h8,10-11,14,17H,4-7,9H2,1-3H3. The van der Waals surface area contributed by atoms with Crippen molar-refractivity contribution in [3.05, 3.63) is 22.3 Å². The van der Waals surface area contributed by atoms with Gasteiger partial charge in [0.1, 0.15) is 5.82 Å². The third-order valence-corrected chi connectivity index (χ3v) is 3.92. The third-order valence-electron chi connectivity index (χ3n) is 3.48. The highest BCUT2D eigenvalue weighted by Gasteiger charge is 2.31. The molecule has 0 bridgehead atoms. The van der Waals surface area contributed by atoms with E-state index in [4.69, 9.17) is 0 Å². The van der Waals surface area contributed by atoms with E-state index in [0.29, 0.717) is 6.04 Å². The van der Waals surface area contributed by atoms with E-state index in [9.17, 15) is 0 Å². The van der Waals surface area contributed by atoms with Crippen molar-refractivity contribution < 1.29 is 0 Å². The fourth-order valence-electron chi connectivity index (χ4n) is 2.30. The zero-order chi connectivity index (χ0) is 13.8. The van der Waals surface area contributed by atoms with Gasteiger partial charge >= 0.3 is 0 Å². The number of hydrogen-bond acceptors (Lipinski definition) is 3. The van der Waals surface area contributed by atoms with Gasteiger partial charge in [0.25, 0.3) is 0 Å². The van der Waals surface area contributed by atoms with Gasteiger partial charge in [-0.25, -0.2) is 4.98 Å². The van der Waals surface area contributed by atoms with Crippen LogP contribution in [0.5, 0.6) is 0 Å². The highest BCUT2D eigenvalue weighted by Crippen LogP contribution is 2.33. The molecule has 4 heteroatoms. The second-order valence-electron chi connectivity index (χ2n) is 5.77. The summed E-state index contributed by atoms with van der Waals surface area (Å²) < 4.78 is 1.06. The Kier molecular flexibility index (Phi) is 5.22. The van der Waals surface area contributed by atoms with Crippen LogP contribution in [-0.2, 0) is 6.54 Å². The predicted octanol–water partition coefficient (Wildman–Crippen LogP) is 3.58. The van der Waals surface area contributed by atoms with E-state index in [2.05, 4.69) is 51.0 Å². The van der Waals surface area contributed by atoms with Crippen LogP contribution >= 0.6 is 15.9 Å². The minimum atomic E-state index is 0.711. The zero-order valence-electron chi connectivity index (χ0n) is 12.1. The second-order valence-corrected chi connectivity index (χ2v) is 6.69. The fourth-order valence-corrected chi connectivity index (χ4v) is 2.68. The number of hydrogen-bond donors (Lipinski definition) is 1. The highest BCUT2D eigenvalue weighted by molar-refractivity contribution is 9.10. The van der Waals surface area contributed by atoms with E-state index in [1.807, 2.05) is 13.2 Å². The second kappa shape index (κ2) is 6.71. The normalized spacial score (nSPS) is 15.0.